The lowest BCUT2D eigenvalue weighted by atomic mass is 10.1. The van der Waals surface area contributed by atoms with Crippen molar-refractivity contribution >= 4 is 33.2 Å². The zero-order chi connectivity index (χ0) is 21.0. The van der Waals surface area contributed by atoms with E-state index in [9.17, 15) is 13.2 Å². The SMILES string of the molecule is Cc1ccc(CNC(=O)c2ccc(Cl)c(S(=O)(=O)Nc3ccccc3C)c2)cc1. The van der Waals surface area contributed by atoms with Crippen LogP contribution in [0.4, 0.5) is 5.69 Å². The molecule has 2 N–H and O–H groups in total. The molecule has 3 aromatic carbocycles. The van der Waals surface area contributed by atoms with Crippen LogP contribution in [-0.2, 0) is 16.6 Å². The molecule has 0 saturated heterocycles. The number of aryl methyl sites for hydroxylation is 2. The maximum absolute atomic E-state index is 12.8. The minimum Gasteiger partial charge on any atom is -0.348 e. The summed E-state index contributed by atoms with van der Waals surface area (Å²) in [5.74, 6) is -0.380. The Morgan fingerprint density at radius 2 is 1.66 bits per heavy atom. The zero-order valence-corrected chi connectivity index (χ0v) is 17.6. The van der Waals surface area contributed by atoms with Crippen LogP contribution < -0.4 is 10.0 Å². The lowest BCUT2D eigenvalue weighted by Gasteiger charge is -2.13. The van der Waals surface area contributed by atoms with Crippen molar-refractivity contribution in [1.82, 2.24) is 5.32 Å². The molecule has 7 heteroatoms. The van der Waals surface area contributed by atoms with E-state index in [0.717, 1.165) is 16.7 Å². The first-order valence-corrected chi connectivity index (χ1v) is 10.8. The van der Waals surface area contributed by atoms with E-state index in [2.05, 4.69) is 10.0 Å². The Hall–Kier alpha value is -2.83. The van der Waals surface area contributed by atoms with Gasteiger partial charge in [-0.1, -0.05) is 59.6 Å². The summed E-state index contributed by atoms with van der Waals surface area (Å²) in [6.07, 6.45) is 0. The van der Waals surface area contributed by atoms with Crippen molar-refractivity contribution in [3.8, 4) is 0 Å². The molecule has 0 bridgehead atoms. The average Bonchev–Trinajstić information content (AvgIpc) is 2.69. The van der Waals surface area contributed by atoms with E-state index in [1.54, 1.807) is 25.1 Å². The summed E-state index contributed by atoms with van der Waals surface area (Å²) >= 11 is 6.13. The van der Waals surface area contributed by atoms with Gasteiger partial charge in [0.1, 0.15) is 4.90 Å². The Morgan fingerprint density at radius 3 is 2.34 bits per heavy atom. The Labute approximate surface area is 175 Å². The number of hydrogen-bond acceptors (Lipinski definition) is 3. The molecule has 1 amide bonds. The number of carbonyl (C=O) groups is 1. The summed E-state index contributed by atoms with van der Waals surface area (Å²) in [6.45, 7) is 4.13. The van der Waals surface area contributed by atoms with Crippen LogP contribution in [0.1, 0.15) is 27.0 Å². The van der Waals surface area contributed by atoms with Gasteiger partial charge in [0.05, 0.1) is 10.7 Å². The van der Waals surface area contributed by atoms with Crippen LogP contribution in [-0.4, -0.2) is 14.3 Å². The zero-order valence-electron chi connectivity index (χ0n) is 16.1. The first-order chi connectivity index (χ1) is 13.8. The van der Waals surface area contributed by atoms with Crippen LogP contribution in [0.15, 0.2) is 71.6 Å². The maximum Gasteiger partial charge on any atom is 0.263 e. The van der Waals surface area contributed by atoms with Gasteiger partial charge in [0.2, 0.25) is 0 Å². The standard InChI is InChI=1S/C22H21ClN2O3S/c1-15-7-9-17(10-8-15)14-24-22(26)18-11-12-19(23)21(13-18)29(27,28)25-20-6-4-3-5-16(20)2/h3-13,25H,14H2,1-2H3,(H,24,26). The van der Waals surface area contributed by atoms with Crippen LogP contribution >= 0.6 is 11.6 Å². The van der Waals surface area contributed by atoms with Crippen LogP contribution in [0, 0.1) is 13.8 Å². The van der Waals surface area contributed by atoms with Crippen LogP contribution in [0.25, 0.3) is 0 Å². The quantitative estimate of drug-likeness (QED) is 0.598. The van der Waals surface area contributed by atoms with Gasteiger partial charge < -0.3 is 5.32 Å². The largest absolute Gasteiger partial charge is 0.348 e. The number of carbonyl (C=O) groups excluding carboxylic acids is 1. The van der Waals surface area contributed by atoms with Gasteiger partial charge in [0, 0.05) is 12.1 Å². The summed E-state index contributed by atoms with van der Waals surface area (Å²) in [5, 5.41) is 2.84. The van der Waals surface area contributed by atoms with E-state index >= 15 is 0 Å². The van der Waals surface area contributed by atoms with Crippen LogP contribution in [0.3, 0.4) is 0 Å². The van der Waals surface area contributed by atoms with Crippen LogP contribution in [0.5, 0.6) is 0 Å². The van der Waals surface area contributed by atoms with Gasteiger partial charge in [0.25, 0.3) is 15.9 Å². The molecule has 0 aliphatic carbocycles. The van der Waals surface area contributed by atoms with Gasteiger partial charge in [-0.2, -0.15) is 0 Å². The second-order valence-electron chi connectivity index (χ2n) is 6.73. The molecule has 150 valence electrons. The molecule has 5 nitrogen and oxygen atoms in total. The minimum absolute atomic E-state index is 0.0427. The third-order valence-electron chi connectivity index (χ3n) is 4.45. The highest BCUT2D eigenvalue weighted by Gasteiger charge is 2.21. The molecule has 0 fully saturated rings. The van der Waals surface area contributed by atoms with Crippen molar-refractivity contribution < 1.29 is 13.2 Å². The molecule has 3 rings (SSSR count). The number of anilines is 1. The van der Waals surface area contributed by atoms with Crippen molar-refractivity contribution in [2.75, 3.05) is 4.72 Å². The highest BCUT2D eigenvalue weighted by atomic mass is 35.5. The van der Waals surface area contributed by atoms with E-state index in [4.69, 9.17) is 11.6 Å². The molecule has 0 unspecified atom stereocenters. The van der Waals surface area contributed by atoms with Crippen LogP contribution in [0.2, 0.25) is 5.02 Å². The molecule has 0 saturated carbocycles. The first-order valence-electron chi connectivity index (χ1n) is 8.98. The molecular weight excluding hydrogens is 408 g/mol. The first kappa shape index (κ1) is 20.9. The Morgan fingerprint density at radius 1 is 0.966 bits per heavy atom. The monoisotopic (exact) mass is 428 g/mol. The molecule has 29 heavy (non-hydrogen) atoms. The highest BCUT2D eigenvalue weighted by Crippen LogP contribution is 2.26. The normalized spacial score (nSPS) is 11.1. The van der Waals surface area contributed by atoms with Crippen molar-refractivity contribution in [3.05, 3.63) is 94.0 Å². The Bertz CT molecular complexity index is 1140. The fraction of sp³-hybridized carbons (Fsp3) is 0.136. The second-order valence-corrected chi connectivity index (χ2v) is 8.79. The summed E-state index contributed by atoms with van der Waals surface area (Å²) in [4.78, 5) is 12.4. The van der Waals surface area contributed by atoms with Gasteiger partial charge in [-0.25, -0.2) is 8.42 Å². The van der Waals surface area contributed by atoms with Gasteiger partial charge >= 0.3 is 0 Å². The lowest BCUT2D eigenvalue weighted by Crippen LogP contribution is -2.23. The van der Waals surface area contributed by atoms with Gasteiger partial charge in [0.15, 0.2) is 0 Å². The number of hydrogen-bond donors (Lipinski definition) is 2. The molecular formula is C22H21ClN2O3S. The number of nitrogens with one attached hydrogen (secondary N) is 2. The fourth-order valence-electron chi connectivity index (χ4n) is 2.73. The Balaban J connectivity index is 1.80. The number of amides is 1. The van der Waals surface area contributed by atoms with Gasteiger partial charge in [-0.05, 0) is 49.2 Å². The van der Waals surface area contributed by atoms with Crippen molar-refractivity contribution in [3.63, 3.8) is 0 Å². The number of benzene rings is 3. The maximum atomic E-state index is 12.8. The topological polar surface area (TPSA) is 75.3 Å². The second kappa shape index (κ2) is 8.68. The molecule has 0 aliphatic rings. The number of para-hydroxylation sites is 1. The molecule has 0 spiro atoms. The third kappa shape index (κ3) is 5.16. The lowest BCUT2D eigenvalue weighted by molar-refractivity contribution is 0.0950. The average molecular weight is 429 g/mol. The van der Waals surface area contributed by atoms with Crippen molar-refractivity contribution in [2.24, 2.45) is 0 Å². The van der Waals surface area contributed by atoms with Gasteiger partial charge in [-0.3, -0.25) is 9.52 Å². The summed E-state index contributed by atoms with van der Waals surface area (Å²) in [7, 11) is -3.96. The number of sulfonamides is 1. The molecule has 0 radical (unpaired) electrons. The molecule has 0 heterocycles. The number of halogens is 1. The molecule has 0 atom stereocenters. The van der Waals surface area contributed by atoms with E-state index in [1.807, 2.05) is 37.3 Å². The van der Waals surface area contributed by atoms with E-state index in [-0.39, 0.29) is 21.4 Å². The fourth-order valence-corrected chi connectivity index (χ4v) is 4.39. The number of rotatable bonds is 6. The molecule has 0 aromatic heterocycles. The smallest absolute Gasteiger partial charge is 0.263 e. The van der Waals surface area contributed by atoms with Gasteiger partial charge in [-0.15, -0.1) is 0 Å². The van der Waals surface area contributed by atoms with E-state index in [1.165, 1.54) is 18.2 Å². The predicted octanol–water partition coefficient (Wildman–Crippen LogP) is 4.69. The molecule has 0 aliphatic heterocycles. The Kier molecular flexibility index (Phi) is 6.25. The van der Waals surface area contributed by atoms with E-state index in [0.29, 0.717) is 12.2 Å². The summed E-state index contributed by atoms with van der Waals surface area (Å²) in [5.41, 5.74) is 3.53. The van der Waals surface area contributed by atoms with Crippen molar-refractivity contribution in [2.45, 2.75) is 25.3 Å². The third-order valence-corrected chi connectivity index (χ3v) is 6.29. The predicted molar refractivity (Wildman–Crippen MR) is 116 cm³/mol. The summed E-state index contributed by atoms with van der Waals surface area (Å²) < 4.78 is 28.2. The highest BCUT2D eigenvalue weighted by molar-refractivity contribution is 7.92. The summed E-state index contributed by atoms with van der Waals surface area (Å²) in [6, 6.07) is 19.0. The van der Waals surface area contributed by atoms with E-state index < -0.39 is 10.0 Å². The minimum atomic E-state index is -3.96. The molecule has 3 aromatic rings. The van der Waals surface area contributed by atoms with Crippen molar-refractivity contribution in [1.29, 1.82) is 0 Å².